The fraction of sp³-hybridized carbons (Fsp3) is 0.968. The molecule has 3 spiro atoms. The minimum atomic E-state index is 0.454. The van der Waals surface area contributed by atoms with Crippen LogP contribution in [0.15, 0.2) is 0 Å². The standard InChI is InChI=1S/C27H42O.2C2H6/c1-17(2)18(3)8-6-9-19-10-11-21(28)20-14-22-23(4)12-7-13-26(22)25(15-23)16-24(19,5)27(20,25)26;2*1-2/h17-20,22H,6-16H2,1-5H3;2*1-2H3. The quantitative estimate of drug-likeness (QED) is 0.415. The highest BCUT2D eigenvalue weighted by molar-refractivity contribution is 5.86. The maximum absolute atomic E-state index is 13.5. The molecule has 0 amide bonds. The second-order valence-electron chi connectivity index (χ2n) is 13.3. The maximum atomic E-state index is 13.5. The molecule has 32 heavy (non-hydrogen) atoms. The second-order valence-corrected chi connectivity index (χ2v) is 13.3. The lowest BCUT2D eigenvalue weighted by atomic mass is 9.44. The molecule has 6 aliphatic carbocycles. The molecule has 6 fully saturated rings. The number of hydrogen-bond acceptors (Lipinski definition) is 1. The largest absolute Gasteiger partial charge is 0.299 e. The van der Waals surface area contributed by atoms with Crippen LogP contribution in [0, 0.1) is 56.7 Å². The normalized spacial score (nSPS) is 51.8. The van der Waals surface area contributed by atoms with E-state index in [1.54, 1.807) is 0 Å². The number of carbonyl (C=O) groups excluding carboxylic acids is 1. The van der Waals surface area contributed by atoms with Gasteiger partial charge in [0, 0.05) is 12.3 Å². The highest BCUT2D eigenvalue weighted by Gasteiger charge is 3.06. The number of Topliss-reactive ketones (excluding diaryl/α,β-unsaturated/α-hetero) is 1. The van der Waals surface area contributed by atoms with Crippen LogP contribution in [0.2, 0.25) is 0 Å². The first-order valence-corrected chi connectivity index (χ1v) is 14.7. The molecule has 1 heteroatoms. The van der Waals surface area contributed by atoms with Crippen LogP contribution in [-0.2, 0) is 4.79 Å². The van der Waals surface area contributed by atoms with E-state index in [4.69, 9.17) is 0 Å². The molecule has 0 N–H and O–H groups in total. The molecule has 6 saturated carbocycles. The van der Waals surface area contributed by atoms with Gasteiger partial charge in [-0.15, -0.1) is 0 Å². The SMILES string of the molecule is CC.CC.CC(C)C(C)CCCC1CCC(=O)C2CC3C4(C)CCCC35C3(C4)CC1(C)C235. The topological polar surface area (TPSA) is 17.1 Å². The molecule has 0 aromatic carbocycles. The van der Waals surface area contributed by atoms with Crippen molar-refractivity contribution in [3.8, 4) is 0 Å². The van der Waals surface area contributed by atoms with Crippen LogP contribution in [0.3, 0.4) is 0 Å². The third-order valence-electron chi connectivity index (χ3n) is 12.7. The van der Waals surface area contributed by atoms with E-state index in [0.717, 1.165) is 30.1 Å². The van der Waals surface area contributed by atoms with Gasteiger partial charge in [-0.1, -0.05) is 81.6 Å². The fourth-order valence-electron chi connectivity index (χ4n) is 11.9. The summed E-state index contributed by atoms with van der Waals surface area (Å²) in [6.07, 6.45) is 14.9. The Kier molecular flexibility index (Phi) is 6.07. The van der Waals surface area contributed by atoms with Crippen LogP contribution >= 0.6 is 0 Å². The van der Waals surface area contributed by atoms with Crippen molar-refractivity contribution in [3.05, 3.63) is 0 Å². The lowest BCUT2D eigenvalue weighted by Gasteiger charge is -2.59. The number of hydrogen-bond donors (Lipinski definition) is 0. The van der Waals surface area contributed by atoms with E-state index in [9.17, 15) is 4.79 Å². The summed E-state index contributed by atoms with van der Waals surface area (Å²) < 4.78 is 0. The zero-order chi connectivity index (χ0) is 23.7. The predicted molar refractivity (Wildman–Crippen MR) is 136 cm³/mol. The van der Waals surface area contributed by atoms with E-state index in [1.807, 2.05) is 27.7 Å². The lowest BCUT2D eigenvalue weighted by molar-refractivity contribution is -0.140. The van der Waals surface area contributed by atoms with Crippen molar-refractivity contribution >= 4 is 5.78 Å². The number of carbonyl (C=O) groups is 1. The van der Waals surface area contributed by atoms with Crippen molar-refractivity contribution in [2.75, 3.05) is 0 Å². The van der Waals surface area contributed by atoms with Crippen LogP contribution < -0.4 is 0 Å². The Hall–Kier alpha value is -0.330. The zero-order valence-electron chi connectivity index (χ0n) is 23.1. The summed E-state index contributed by atoms with van der Waals surface area (Å²) in [4.78, 5) is 13.5. The molecule has 9 unspecified atom stereocenters. The molecule has 9 atom stereocenters. The molecule has 1 nitrogen and oxygen atoms in total. The molecule has 0 aromatic heterocycles. The van der Waals surface area contributed by atoms with Crippen molar-refractivity contribution in [1.82, 2.24) is 0 Å². The predicted octanol–water partition coefficient (Wildman–Crippen LogP) is 9.09. The Morgan fingerprint density at radius 3 is 2.34 bits per heavy atom. The fourth-order valence-corrected chi connectivity index (χ4v) is 11.9. The molecule has 2 bridgehead atoms. The van der Waals surface area contributed by atoms with Crippen molar-refractivity contribution in [2.45, 2.75) is 133 Å². The van der Waals surface area contributed by atoms with E-state index in [0.29, 0.717) is 38.8 Å². The van der Waals surface area contributed by atoms with Gasteiger partial charge in [0.15, 0.2) is 0 Å². The van der Waals surface area contributed by atoms with Gasteiger partial charge in [0.25, 0.3) is 0 Å². The minimum absolute atomic E-state index is 0.454. The lowest BCUT2D eigenvalue weighted by Crippen LogP contribution is -2.54. The third-order valence-corrected chi connectivity index (χ3v) is 12.7. The zero-order valence-corrected chi connectivity index (χ0v) is 23.1. The number of ketones is 1. The van der Waals surface area contributed by atoms with E-state index in [-0.39, 0.29) is 0 Å². The molecule has 0 saturated heterocycles. The summed E-state index contributed by atoms with van der Waals surface area (Å²) in [5, 5.41) is 0. The van der Waals surface area contributed by atoms with E-state index >= 15 is 0 Å². The highest BCUT2D eigenvalue weighted by Crippen LogP contribution is 3.10. The van der Waals surface area contributed by atoms with Gasteiger partial charge in [0.05, 0.1) is 0 Å². The van der Waals surface area contributed by atoms with E-state index in [1.165, 1.54) is 64.2 Å². The van der Waals surface area contributed by atoms with Gasteiger partial charge in [-0.05, 0) is 95.7 Å². The molecule has 0 aliphatic heterocycles. The molecular weight excluding hydrogens is 388 g/mol. The van der Waals surface area contributed by atoms with Crippen LogP contribution in [0.5, 0.6) is 0 Å². The average molecular weight is 443 g/mol. The first kappa shape index (κ1) is 24.8. The van der Waals surface area contributed by atoms with Crippen LogP contribution in [-0.4, -0.2) is 5.78 Å². The van der Waals surface area contributed by atoms with Gasteiger partial charge in [-0.25, -0.2) is 0 Å². The van der Waals surface area contributed by atoms with Crippen LogP contribution in [0.25, 0.3) is 0 Å². The summed E-state index contributed by atoms with van der Waals surface area (Å²) in [6.45, 7) is 20.5. The van der Waals surface area contributed by atoms with Gasteiger partial charge in [0.2, 0.25) is 0 Å². The Bertz CT molecular complexity index is 739. The summed E-state index contributed by atoms with van der Waals surface area (Å²) in [5.41, 5.74) is 2.74. The number of rotatable bonds is 5. The van der Waals surface area contributed by atoms with Crippen molar-refractivity contribution in [1.29, 1.82) is 0 Å². The van der Waals surface area contributed by atoms with Gasteiger partial charge in [0.1, 0.15) is 5.78 Å². The molecular formula is C31H54O. The van der Waals surface area contributed by atoms with E-state index in [2.05, 4.69) is 34.6 Å². The molecule has 0 heterocycles. The highest BCUT2D eigenvalue weighted by atomic mass is 16.1. The average Bonchev–Trinajstić information content (AvgIpc) is 2.97. The second kappa shape index (κ2) is 7.84. The Balaban J connectivity index is 0.000000582. The van der Waals surface area contributed by atoms with Gasteiger partial charge in [-0.2, -0.15) is 0 Å². The maximum Gasteiger partial charge on any atom is 0.136 e. The van der Waals surface area contributed by atoms with Crippen LogP contribution in [0.1, 0.15) is 133 Å². The minimum Gasteiger partial charge on any atom is -0.299 e. The Labute approximate surface area is 200 Å². The summed E-state index contributed by atoms with van der Waals surface area (Å²) in [6, 6.07) is 0. The van der Waals surface area contributed by atoms with Crippen molar-refractivity contribution < 1.29 is 4.79 Å². The van der Waals surface area contributed by atoms with E-state index < -0.39 is 0 Å². The Morgan fingerprint density at radius 1 is 1.00 bits per heavy atom. The molecule has 6 rings (SSSR count). The van der Waals surface area contributed by atoms with Gasteiger partial charge < -0.3 is 0 Å². The molecule has 0 aromatic rings. The molecule has 0 radical (unpaired) electrons. The van der Waals surface area contributed by atoms with Crippen LogP contribution in [0.4, 0.5) is 0 Å². The van der Waals surface area contributed by atoms with Gasteiger partial charge >= 0.3 is 0 Å². The summed E-state index contributed by atoms with van der Waals surface area (Å²) >= 11 is 0. The molecule has 184 valence electrons. The smallest absolute Gasteiger partial charge is 0.136 e. The Morgan fingerprint density at radius 2 is 1.69 bits per heavy atom. The van der Waals surface area contributed by atoms with Gasteiger partial charge in [-0.3, -0.25) is 4.79 Å². The monoisotopic (exact) mass is 442 g/mol. The first-order chi connectivity index (χ1) is 15.2. The van der Waals surface area contributed by atoms with Crippen molar-refractivity contribution in [3.63, 3.8) is 0 Å². The summed E-state index contributed by atoms with van der Waals surface area (Å²) in [7, 11) is 0. The molecule has 6 aliphatic rings. The summed E-state index contributed by atoms with van der Waals surface area (Å²) in [5.74, 6) is 4.51. The van der Waals surface area contributed by atoms with Crippen molar-refractivity contribution in [2.24, 2.45) is 56.7 Å². The third kappa shape index (κ3) is 2.41. The first-order valence-electron chi connectivity index (χ1n) is 14.7.